The molecule has 130 valence electrons. The first-order chi connectivity index (χ1) is 11.6. The van der Waals surface area contributed by atoms with Crippen molar-refractivity contribution in [2.75, 3.05) is 18.4 Å². The molecule has 1 heterocycles. The van der Waals surface area contributed by atoms with Gasteiger partial charge in [-0.1, -0.05) is 19.3 Å². The Morgan fingerprint density at radius 2 is 1.79 bits per heavy atom. The molecule has 7 heteroatoms. The second-order valence-corrected chi connectivity index (χ2v) is 6.01. The normalized spacial score (nSPS) is 14.7. The van der Waals surface area contributed by atoms with Crippen LogP contribution in [-0.2, 0) is 14.4 Å². The lowest BCUT2D eigenvalue weighted by Crippen LogP contribution is -2.40. The number of rotatable bonds is 6. The van der Waals surface area contributed by atoms with E-state index in [1.165, 1.54) is 25.5 Å². The molecule has 7 nitrogen and oxygen atoms in total. The van der Waals surface area contributed by atoms with E-state index in [1.807, 2.05) is 0 Å². The Morgan fingerprint density at radius 3 is 2.50 bits per heavy atom. The maximum absolute atomic E-state index is 11.8. The number of hydrogen-bond donors (Lipinski definition) is 3. The van der Waals surface area contributed by atoms with Crippen molar-refractivity contribution in [2.24, 2.45) is 5.92 Å². The number of carbonyl (C=O) groups is 3. The van der Waals surface area contributed by atoms with Gasteiger partial charge in [0.05, 0.1) is 11.9 Å². The summed E-state index contributed by atoms with van der Waals surface area (Å²) in [4.78, 5) is 39.0. The van der Waals surface area contributed by atoms with Gasteiger partial charge in [-0.25, -0.2) is 0 Å². The molecule has 3 amide bonds. The number of hydrogen-bond acceptors (Lipinski definition) is 4. The SMILES string of the molecule is O=C(CC1CCCCC1)NCCNC(=O)C(=O)Nc1cccnc1. The van der Waals surface area contributed by atoms with Crippen molar-refractivity contribution in [3.63, 3.8) is 0 Å². The summed E-state index contributed by atoms with van der Waals surface area (Å²) in [5.41, 5.74) is 0.457. The first-order valence-corrected chi connectivity index (χ1v) is 8.41. The summed E-state index contributed by atoms with van der Waals surface area (Å²) < 4.78 is 0. The average Bonchev–Trinajstić information content (AvgIpc) is 2.60. The minimum Gasteiger partial charge on any atom is -0.354 e. The van der Waals surface area contributed by atoms with Gasteiger partial charge in [-0.2, -0.15) is 0 Å². The summed E-state index contributed by atoms with van der Waals surface area (Å²) in [6.45, 7) is 0.535. The van der Waals surface area contributed by atoms with Gasteiger partial charge in [-0.05, 0) is 30.9 Å². The lowest BCUT2D eigenvalue weighted by molar-refractivity contribution is -0.136. The predicted molar refractivity (Wildman–Crippen MR) is 90.1 cm³/mol. The van der Waals surface area contributed by atoms with Gasteiger partial charge >= 0.3 is 11.8 Å². The van der Waals surface area contributed by atoms with Crippen LogP contribution in [0, 0.1) is 5.92 Å². The highest BCUT2D eigenvalue weighted by Gasteiger charge is 2.17. The zero-order chi connectivity index (χ0) is 17.2. The van der Waals surface area contributed by atoms with Gasteiger partial charge in [-0.15, -0.1) is 0 Å². The standard InChI is InChI=1S/C17H24N4O3/c22-15(11-13-5-2-1-3-6-13)19-9-10-20-16(23)17(24)21-14-7-4-8-18-12-14/h4,7-8,12-13H,1-3,5-6,9-11H2,(H,19,22)(H,20,23)(H,21,24). The van der Waals surface area contributed by atoms with Crippen molar-refractivity contribution in [2.45, 2.75) is 38.5 Å². The Kier molecular flexibility index (Phi) is 7.20. The van der Waals surface area contributed by atoms with Crippen LogP contribution in [0.15, 0.2) is 24.5 Å². The van der Waals surface area contributed by atoms with E-state index < -0.39 is 11.8 Å². The van der Waals surface area contributed by atoms with E-state index in [9.17, 15) is 14.4 Å². The molecule has 1 saturated carbocycles. The second-order valence-electron chi connectivity index (χ2n) is 6.01. The number of nitrogens with zero attached hydrogens (tertiary/aromatic N) is 1. The predicted octanol–water partition coefficient (Wildman–Crippen LogP) is 1.22. The van der Waals surface area contributed by atoms with Crippen LogP contribution >= 0.6 is 0 Å². The number of nitrogens with one attached hydrogen (secondary N) is 3. The van der Waals surface area contributed by atoms with Crippen LogP contribution in [-0.4, -0.2) is 35.8 Å². The molecule has 24 heavy (non-hydrogen) atoms. The highest BCUT2D eigenvalue weighted by Crippen LogP contribution is 2.25. The molecule has 1 aromatic rings. The topological polar surface area (TPSA) is 100 Å². The third-order valence-corrected chi connectivity index (χ3v) is 4.06. The van der Waals surface area contributed by atoms with Crippen LogP contribution in [0.1, 0.15) is 38.5 Å². The fourth-order valence-corrected chi connectivity index (χ4v) is 2.81. The van der Waals surface area contributed by atoms with Gasteiger partial charge in [-0.3, -0.25) is 19.4 Å². The number of aromatic nitrogens is 1. The van der Waals surface area contributed by atoms with Crippen molar-refractivity contribution >= 4 is 23.4 Å². The van der Waals surface area contributed by atoms with Gasteiger partial charge in [0, 0.05) is 25.7 Å². The van der Waals surface area contributed by atoms with Gasteiger partial charge in [0.1, 0.15) is 0 Å². The van der Waals surface area contributed by atoms with Crippen molar-refractivity contribution in [1.29, 1.82) is 0 Å². The molecule has 0 unspecified atom stereocenters. The summed E-state index contributed by atoms with van der Waals surface area (Å²) in [7, 11) is 0. The zero-order valence-corrected chi connectivity index (χ0v) is 13.7. The Bertz CT molecular complexity index is 556. The lowest BCUT2D eigenvalue weighted by Gasteiger charge is -2.20. The minimum absolute atomic E-state index is 0.0101. The van der Waals surface area contributed by atoms with Crippen LogP contribution in [0.2, 0.25) is 0 Å². The summed E-state index contributed by atoms with van der Waals surface area (Å²) in [5.74, 6) is -0.994. The molecular weight excluding hydrogens is 308 g/mol. The molecule has 2 rings (SSSR count). The molecule has 0 radical (unpaired) electrons. The van der Waals surface area contributed by atoms with Crippen molar-refractivity contribution in [3.8, 4) is 0 Å². The zero-order valence-electron chi connectivity index (χ0n) is 13.7. The van der Waals surface area contributed by atoms with Crippen molar-refractivity contribution < 1.29 is 14.4 Å². The average molecular weight is 332 g/mol. The molecule has 0 aliphatic heterocycles. The third kappa shape index (κ3) is 6.36. The van der Waals surface area contributed by atoms with E-state index in [4.69, 9.17) is 0 Å². The van der Waals surface area contributed by atoms with Gasteiger partial charge in [0.15, 0.2) is 0 Å². The van der Waals surface area contributed by atoms with E-state index >= 15 is 0 Å². The number of carbonyl (C=O) groups excluding carboxylic acids is 3. The van der Waals surface area contributed by atoms with Crippen LogP contribution in [0.3, 0.4) is 0 Å². The number of pyridine rings is 1. The van der Waals surface area contributed by atoms with E-state index in [0.717, 1.165) is 12.8 Å². The Hall–Kier alpha value is -2.44. The molecule has 0 spiro atoms. The van der Waals surface area contributed by atoms with Gasteiger partial charge in [0.2, 0.25) is 5.91 Å². The second kappa shape index (κ2) is 9.64. The molecule has 1 fully saturated rings. The van der Waals surface area contributed by atoms with Gasteiger partial charge < -0.3 is 16.0 Å². The quantitative estimate of drug-likeness (QED) is 0.539. The third-order valence-electron chi connectivity index (χ3n) is 4.06. The molecule has 0 atom stereocenters. The molecule has 0 aromatic carbocycles. The Labute approximate surface area is 141 Å². The summed E-state index contributed by atoms with van der Waals surface area (Å²) in [6, 6.07) is 3.30. The minimum atomic E-state index is -0.753. The van der Waals surface area contributed by atoms with E-state index in [-0.39, 0.29) is 12.5 Å². The maximum Gasteiger partial charge on any atom is 0.313 e. The summed E-state index contributed by atoms with van der Waals surface area (Å²) in [5, 5.41) is 7.70. The highest BCUT2D eigenvalue weighted by molar-refractivity contribution is 6.39. The molecule has 3 N–H and O–H groups in total. The van der Waals surface area contributed by atoms with Crippen molar-refractivity contribution in [1.82, 2.24) is 15.6 Å². The van der Waals surface area contributed by atoms with E-state index in [1.54, 1.807) is 18.3 Å². The largest absolute Gasteiger partial charge is 0.354 e. The fourth-order valence-electron chi connectivity index (χ4n) is 2.81. The summed E-state index contributed by atoms with van der Waals surface area (Å²) in [6.07, 6.45) is 9.51. The molecule has 0 saturated heterocycles. The molecular formula is C17H24N4O3. The molecule has 0 bridgehead atoms. The van der Waals surface area contributed by atoms with Crippen molar-refractivity contribution in [3.05, 3.63) is 24.5 Å². The number of amides is 3. The van der Waals surface area contributed by atoms with E-state index in [0.29, 0.717) is 24.6 Å². The molecule has 1 aliphatic carbocycles. The first-order valence-electron chi connectivity index (χ1n) is 8.41. The fraction of sp³-hybridized carbons (Fsp3) is 0.529. The highest BCUT2D eigenvalue weighted by atomic mass is 16.2. The van der Waals surface area contributed by atoms with Crippen LogP contribution in [0.25, 0.3) is 0 Å². The Balaban J connectivity index is 1.58. The van der Waals surface area contributed by atoms with Crippen LogP contribution < -0.4 is 16.0 Å². The smallest absolute Gasteiger partial charge is 0.313 e. The van der Waals surface area contributed by atoms with Crippen LogP contribution in [0.5, 0.6) is 0 Å². The first kappa shape index (κ1) is 17.9. The summed E-state index contributed by atoms with van der Waals surface area (Å²) >= 11 is 0. The Morgan fingerprint density at radius 1 is 1.04 bits per heavy atom. The maximum atomic E-state index is 11.8. The van der Waals surface area contributed by atoms with E-state index in [2.05, 4.69) is 20.9 Å². The monoisotopic (exact) mass is 332 g/mol. The molecule has 1 aromatic heterocycles. The lowest BCUT2D eigenvalue weighted by atomic mass is 9.87. The van der Waals surface area contributed by atoms with Gasteiger partial charge in [0.25, 0.3) is 0 Å². The number of anilines is 1. The molecule has 1 aliphatic rings. The van der Waals surface area contributed by atoms with Crippen LogP contribution in [0.4, 0.5) is 5.69 Å².